The number of rotatable bonds is 4. The van der Waals surface area contributed by atoms with E-state index in [1.807, 2.05) is 30.3 Å². The number of amides is 2. The molecule has 2 amide bonds. The molecule has 124 valence electrons. The molecule has 0 radical (unpaired) electrons. The Kier molecular flexibility index (Phi) is 4.81. The zero-order chi connectivity index (χ0) is 16.2. The van der Waals surface area contributed by atoms with Gasteiger partial charge in [-0.1, -0.05) is 18.2 Å². The molecular formula is C17H22N2O4. The predicted molar refractivity (Wildman–Crippen MR) is 84.0 cm³/mol. The van der Waals surface area contributed by atoms with Gasteiger partial charge in [0.1, 0.15) is 5.75 Å². The van der Waals surface area contributed by atoms with E-state index in [2.05, 4.69) is 0 Å². The first-order valence-electron chi connectivity index (χ1n) is 7.95. The van der Waals surface area contributed by atoms with E-state index in [1.165, 1.54) is 0 Å². The van der Waals surface area contributed by atoms with Gasteiger partial charge in [-0.15, -0.1) is 0 Å². The van der Waals surface area contributed by atoms with Crippen molar-refractivity contribution >= 4 is 11.8 Å². The van der Waals surface area contributed by atoms with Gasteiger partial charge in [0, 0.05) is 20.1 Å². The quantitative estimate of drug-likeness (QED) is 0.823. The zero-order valence-corrected chi connectivity index (χ0v) is 13.3. The van der Waals surface area contributed by atoms with Crippen molar-refractivity contribution in [2.45, 2.75) is 12.5 Å². The summed E-state index contributed by atoms with van der Waals surface area (Å²) >= 11 is 0. The van der Waals surface area contributed by atoms with Crippen LogP contribution in [0.1, 0.15) is 6.42 Å². The number of hydrogen-bond donors (Lipinski definition) is 0. The number of likely N-dealkylation sites (N-methyl/N-ethyl adjacent to an activating group) is 1. The van der Waals surface area contributed by atoms with Gasteiger partial charge in [-0.05, 0) is 12.1 Å². The highest BCUT2D eigenvalue weighted by Crippen LogP contribution is 2.20. The average molecular weight is 318 g/mol. The van der Waals surface area contributed by atoms with E-state index in [0.717, 1.165) is 5.75 Å². The second kappa shape index (κ2) is 7.00. The van der Waals surface area contributed by atoms with Crippen LogP contribution in [0, 0.1) is 5.92 Å². The number of benzene rings is 1. The van der Waals surface area contributed by atoms with E-state index in [0.29, 0.717) is 39.3 Å². The van der Waals surface area contributed by atoms with E-state index < -0.39 is 0 Å². The van der Waals surface area contributed by atoms with E-state index in [4.69, 9.17) is 9.47 Å². The van der Waals surface area contributed by atoms with Crippen molar-refractivity contribution < 1.29 is 19.1 Å². The molecule has 0 aliphatic carbocycles. The van der Waals surface area contributed by atoms with Crippen LogP contribution in [0.15, 0.2) is 30.3 Å². The largest absolute Gasteiger partial charge is 0.493 e. The standard InChI is InChI=1S/C17H22N2O4/c1-18-14-10-19(9-13(17(18)21)11-22-12-14)16(20)7-8-23-15-5-3-2-4-6-15/h2-6,13-14H,7-12H2,1H3/t13-,14+/m1/s1. The Balaban J connectivity index is 1.56. The van der Waals surface area contributed by atoms with Gasteiger partial charge in [-0.2, -0.15) is 0 Å². The van der Waals surface area contributed by atoms with Gasteiger partial charge in [-0.3, -0.25) is 9.59 Å². The Labute approximate surface area is 136 Å². The maximum Gasteiger partial charge on any atom is 0.229 e. The lowest BCUT2D eigenvalue weighted by molar-refractivity contribution is -0.134. The minimum atomic E-state index is -0.258. The van der Waals surface area contributed by atoms with Gasteiger partial charge in [0.25, 0.3) is 0 Å². The summed E-state index contributed by atoms with van der Waals surface area (Å²) in [5.41, 5.74) is 0. The number of hydrogen-bond acceptors (Lipinski definition) is 4. The van der Waals surface area contributed by atoms with E-state index in [9.17, 15) is 9.59 Å². The highest BCUT2D eigenvalue weighted by Gasteiger charge is 2.38. The third-order valence-corrected chi connectivity index (χ3v) is 4.43. The minimum absolute atomic E-state index is 0.0286. The number of ether oxygens (including phenoxy) is 2. The Morgan fingerprint density at radius 3 is 2.83 bits per heavy atom. The number of nitrogens with zero attached hydrogens (tertiary/aromatic N) is 2. The van der Waals surface area contributed by atoms with Crippen LogP contribution in [0.3, 0.4) is 0 Å². The van der Waals surface area contributed by atoms with Crippen LogP contribution in [0.4, 0.5) is 0 Å². The van der Waals surface area contributed by atoms with Crippen LogP contribution in [-0.4, -0.2) is 67.6 Å². The molecule has 2 atom stereocenters. The van der Waals surface area contributed by atoms with Gasteiger partial charge in [0.2, 0.25) is 11.8 Å². The summed E-state index contributed by atoms with van der Waals surface area (Å²) in [6, 6.07) is 9.39. The fourth-order valence-corrected chi connectivity index (χ4v) is 3.03. The number of para-hydroxylation sites is 1. The zero-order valence-electron chi connectivity index (χ0n) is 13.3. The first kappa shape index (κ1) is 15.8. The molecule has 2 fully saturated rings. The van der Waals surface area contributed by atoms with Crippen LogP contribution in [0.5, 0.6) is 5.75 Å². The SMILES string of the molecule is CN1C(=O)[C@H]2COC[C@@H]1CN(C(=O)CCOc1ccccc1)C2. The maximum atomic E-state index is 12.5. The summed E-state index contributed by atoms with van der Waals surface area (Å²) in [5.74, 6) is 0.604. The topological polar surface area (TPSA) is 59.1 Å². The molecule has 23 heavy (non-hydrogen) atoms. The molecule has 6 heteroatoms. The van der Waals surface area contributed by atoms with Crippen molar-refractivity contribution in [1.82, 2.24) is 9.80 Å². The Morgan fingerprint density at radius 2 is 2.04 bits per heavy atom. The molecule has 0 unspecified atom stereocenters. The Morgan fingerprint density at radius 1 is 1.26 bits per heavy atom. The summed E-state index contributed by atoms with van der Waals surface area (Å²) in [5, 5.41) is 0. The molecular weight excluding hydrogens is 296 g/mol. The summed E-state index contributed by atoms with van der Waals surface area (Å²) in [6.45, 7) is 2.19. The third-order valence-electron chi connectivity index (χ3n) is 4.43. The van der Waals surface area contributed by atoms with E-state index in [-0.39, 0.29) is 23.8 Å². The van der Waals surface area contributed by atoms with Gasteiger partial charge in [0.15, 0.2) is 0 Å². The second-order valence-electron chi connectivity index (χ2n) is 6.05. The molecule has 1 aromatic carbocycles. The minimum Gasteiger partial charge on any atom is -0.493 e. The number of fused-ring (bicyclic) bond motifs is 3. The van der Waals surface area contributed by atoms with Crippen molar-refractivity contribution in [1.29, 1.82) is 0 Å². The highest BCUT2D eigenvalue weighted by atomic mass is 16.5. The van der Waals surface area contributed by atoms with E-state index in [1.54, 1.807) is 16.8 Å². The van der Waals surface area contributed by atoms with Gasteiger partial charge in [-0.25, -0.2) is 0 Å². The second-order valence-corrected chi connectivity index (χ2v) is 6.05. The van der Waals surface area contributed by atoms with Crippen molar-refractivity contribution in [2.75, 3.05) is 40.0 Å². The Hall–Kier alpha value is -2.08. The van der Waals surface area contributed by atoms with Crippen molar-refractivity contribution in [3.63, 3.8) is 0 Å². The Bertz CT molecular complexity index is 563. The molecule has 2 bridgehead atoms. The molecule has 2 heterocycles. The van der Waals surface area contributed by atoms with Crippen molar-refractivity contribution in [3.8, 4) is 5.75 Å². The van der Waals surface area contributed by atoms with Crippen LogP contribution in [0.2, 0.25) is 0 Å². The first-order chi connectivity index (χ1) is 11.1. The molecule has 2 aliphatic rings. The van der Waals surface area contributed by atoms with Gasteiger partial charge < -0.3 is 19.3 Å². The molecule has 3 rings (SSSR count). The first-order valence-corrected chi connectivity index (χ1v) is 7.95. The fourth-order valence-electron chi connectivity index (χ4n) is 3.03. The summed E-state index contributed by atoms with van der Waals surface area (Å²) in [6.07, 6.45) is 0.313. The molecule has 0 spiro atoms. The van der Waals surface area contributed by atoms with Crippen molar-refractivity contribution in [3.05, 3.63) is 30.3 Å². The predicted octanol–water partition coefficient (Wildman–Crippen LogP) is 0.771. The molecule has 0 N–H and O–H groups in total. The third kappa shape index (κ3) is 3.64. The molecule has 2 saturated heterocycles. The molecule has 0 saturated carbocycles. The van der Waals surface area contributed by atoms with Crippen LogP contribution in [0.25, 0.3) is 0 Å². The van der Waals surface area contributed by atoms with Gasteiger partial charge in [0.05, 0.1) is 38.2 Å². The lowest BCUT2D eigenvalue weighted by Crippen LogP contribution is -2.45. The van der Waals surface area contributed by atoms with E-state index >= 15 is 0 Å². The fraction of sp³-hybridized carbons (Fsp3) is 0.529. The summed E-state index contributed by atoms with van der Waals surface area (Å²) in [7, 11) is 1.79. The van der Waals surface area contributed by atoms with Gasteiger partial charge >= 0.3 is 0 Å². The average Bonchev–Trinajstić information content (AvgIpc) is 2.74. The molecule has 6 nitrogen and oxygen atoms in total. The lowest BCUT2D eigenvalue weighted by Gasteiger charge is -2.29. The van der Waals surface area contributed by atoms with Crippen LogP contribution in [-0.2, 0) is 14.3 Å². The molecule has 1 aromatic rings. The summed E-state index contributed by atoms with van der Waals surface area (Å²) in [4.78, 5) is 28.3. The van der Waals surface area contributed by atoms with Crippen LogP contribution >= 0.6 is 0 Å². The highest BCUT2D eigenvalue weighted by molar-refractivity contribution is 5.82. The monoisotopic (exact) mass is 318 g/mol. The van der Waals surface area contributed by atoms with Crippen LogP contribution < -0.4 is 4.74 Å². The number of carbonyl (C=O) groups excluding carboxylic acids is 2. The molecule has 0 aromatic heterocycles. The van der Waals surface area contributed by atoms with Crippen molar-refractivity contribution in [2.24, 2.45) is 5.92 Å². The summed E-state index contributed by atoms with van der Waals surface area (Å²) < 4.78 is 11.1. The number of carbonyl (C=O) groups is 2. The molecule has 2 aliphatic heterocycles. The maximum absolute atomic E-state index is 12.5. The smallest absolute Gasteiger partial charge is 0.229 e. The normalized spacial score (nSPS) is 24.3. The lowest BCUT2D eigenvalue weighted by atomic mass is 10.1.